The summed E-state index contributed by atoms with van der Waals surface area (Å²) >= 11 is 0. The highest BCUT2D eigenvalue weighted by Gasteiger charge is 2.19. The molecule has 1 rings (SSSR count). The Hall–Kier alpha value is -0.200. The van der Waals surface area contributed by atoms with Crippen LogP contribution in [0.1, 0.15) is 27.7 Å². The van der Waals surface area contributed by atoms with Crippen molar-refractivity contribution >= 4 is 0 Å². The first kappa shape index (κ1) is 15.8. The molecule has 5 heteroatoms. The van der Waals surface area contributed by atoms with Crippen LogP contribution in [0.4, 0.5) is 0 Å². The summed E-state index contributed by atoms with van der Waals surface area (Å²) < 4.78 is 20.2. The van der Waals surface area contributed by atoms with Gasteiger partial charge < -0.3 is 24.1 Å². The molecule has 3 unspecified atom stereocenters. The monoisotopic (exact) mass is 236 g/mol. The minimum absolute atomic E-state index is 0.179. The van der Waals surface area contributed by atoms with Crippen LogP contribution in [0, 0.1) is 0 Å². The molecule has 98 valence electrons. The Bertz CT molecular complexity index is 139. The Labute approximate surface area is 97.6 Å². The molecule has 1 N–H and O–H groups in total. The average Bonchev–Trinajstić information content (AvgIpc) is 3.02. The van der Waals surface area contributed by atoms with E-state index in [0.717, 1.165) is 6.61 Å². The number of aliphatic hydroxyl groups is 1. The molecule has 16 heavy (non-hydrogen) atoms. The summed E-state index contributed by atoms with van der Waals surface area (Å²) in [5.74, 6) is 0. The molecule has 1 saturated heterocycles. The second-order valence-corrected chi connectivity index (χ2v) is 3.32. The molecular formula is C11H24O5. The van der Waals surface area contributed by atoms with Gasteiger partial charge >= 0.3 is 0 Å². The lowest BCUT2D eigenvalue weighted by Crippen LogP contribution is -2.22. The summed E-state index contributed by atoms with van der Waals surface area (Å²) in [5.41, 5.74) is 0. The van der Waals surface area contributed by atoms with Crippen LogP contribution >= 0.6 is 0 Å². The summed E-state index contributed by atoms with van der Waals surface area (Å²) in [4.78, 5) is 0. The number of aliphatic hydroxyl groups excluding tert-OH is 1. The minimum Gasteiger partial charge on any atom is -0.394 e. The zero-order valence-electron chi connectivity index (χ0n) is 10.6. The van der Waals surface area contributed by atoms with Crippen LogP contribution in [0.25, 0.3) is 0 Å². The van der Waals surface area contributed by atoms with Gasteiger partial charge in [-0.2, -0.15) is 0 Å². The van der Waals surface area contributed by atoms with E-state index in [4.69, 9.17) is 19.3 Å². The van der Waals surface area contributed by atoms with Gasteiger partial charge in [0.05, 0.1) is 13.2 Å². The standard InChI is InChI=1S/C8H18O3.C3H6O2/c1-5-9-7(3)11-8(4)10-6-2;4-1-3-2-5-3/h7-8H,5-6H2,1-4H3;3-4H,1-2H2. The largest absolute Gasteiger partial charge is 0.394 e. The molecule has 1 heterocycles. The summed E-state index contributed by atoms with van der Waals surface area (Å²) in [7, 11) is 0. The third-order valence-electron chi connectivity index (χ3n) is 1.79. The molecular weight excluding hydrogens is 212 g/mol. The Morgan fingerprint density at radius 1 is 1.19 bits per heavy atom. The fourth-order valence-corrected chi connectivity index (χ4v) is 0.991. The zero-order chi connectivity index (χ0) is 12.4. The molecule has 0 saturated carbocycles. The molecule has 0 amide bonds. The van der Waals surface area contributed by atoms with Gasteiger partial charge in [-0.25, -0.2) is 0 Å². The van der Waals surface area contributed by atoms with Gasteiger partial charge in [0.25, 0.3) is 0 Å². The topological polar surface area (TPSA) is 60.5 Å². The SMILES string of the molecule is CCOC(C)OC(C)OCC.OCC1CO1. The molecule has 0 spiro atoms. The molecule has 1 fully saturated rings. The van der Waals surface area contributed by atoms with Gasteiger partial charge in [0.1, 0.15) is 6.10 Å². The van der Waals surface area contributed by atoms with Crippen molar-refractivity contribution in [1.82, 2.24) is 0 Å². The smallest absolute Gasteiger partial charge is 0.157 e. The lowest BCUT2D eigenvalue weighted by atomic mass is 10.5. The van der Waals surface area contributed by atoms with Crippen LogP contribution in [0.3, 0.4) is 0 Å². The minimum atomic E-state index is -0.179. The van der Waals surface area contributed by atoms with Gasteiger partial charge in [0.2, 0.25) is 0 Å². The number of ether oxygens (including phenoxy) is 4. The van der Waals surface area contributed by atoms with Crippen LogP contribution in [-0.2, 0) is 18.9 Å². The highest BCUT2D eigenvalue weighted by Crippen LogP contribution is 2.05. The third-order valence-corrected chi connectivity index (χ3v) is 1.79. The lowest BCUT2D eigenvalue weighted by molar-refractivity contribution is -0.228. The predicted molar refractivity (Wildman–Crippen MR) is 60.1 cm³/mol. The maximum atomic E-state index is 8.08. The Morgan fingerprint density at radius 3 is 1.81 bits per heavy atom. The lowest BCUT2D eigenvalue weighted by Gasteiger charge is -2.18. The molecule has 0 aromatic rings. The number of hydrogen-bond donors (Lipinski definition) is 1. The first-order valence-corrected chi connectivity index (χ1v) is 5.75. The van der Waals surface area contributed by atoms with Gasteiger partial charge in [-0.15, -0.1) is 0 Å². The maximum absolute atomic E-state index is 8.08. The zero-order valence-corrected chi connectivity index (χ0v) is 10.6. The quantitative estimate of drug-likeness (QED) is 0.530. The molecule has 5 nitrogen and oxygen atoms in total. The molecule has 0 bridgehead atoms. The Kier molecular flexibility index (Phi) is 9.86. The van der Waals surface area contributed by atoms with Gasteiger partial charge in [-0.3, -0.25) is 0 Å². The van der Waals surface area contributed by atoms with Crippen molar-refractivity contribution in [3.8, 4) is 0 Å². The van der Waals surface area contributed by atoms with E-state index in [9.17, 15) is 0 Å². The van der Waals surface area contributed by atoms with Crippen molar-refractivity contribution in [3.63, 3.8) is 0 Å². The Balaban J connectivity index is 0.000000368. The van der Waals surface area contributed by atoms with Crippen LogP contribution in [0.2, 0.25) is 0 Å². The summed E-state index contributed by atoms with van der Waals surface area (Å²) in [6, 6.07) is 0. The molecule has 1 aliphatic heterocycles. The summed E-state index contributed by atoms with van der Waals surface area (Å²) in [5, 5.41) is 8.08. The van der Waals surface area contributed by atoms with E-state index in [-0.39, 0.29) is 25.3 Å². The van der Waals surface area contributed by atoms with Gasteiger partial charge in [0, 0.05) is 13.2 Å². The van der Waals surface area contributed by atoms with E-state index in [2.05, 4.69) is 4.74 Å². The molecule has 1 aliphatic rings. The number of hydrogen-bond acceptors (Lipinski definition) is 5. The van der Waals surface area contributed by atoms with E-state index in [1.807, 2.05) is 27.7 Å². The van der Waals surface area contributed by atoms with Crippen molar-refractivity contribution < 1.29 is 24.1 Å². The molecule has 3 atom stereocenters. The van der Waals surface area contributed by atoms with E-state index in [0.29, 0.717) is 13.2 Å². The predicted octanol–water partition coefficient (Wildman–Crippen LogP) is 1.15. The fourth-order valence-electron chi connectivity index (χ4n) is 0.991. The van der Waals surface area contributed by atoms with Crippen LogP contribution < -0.4 is 0 Å². The first-order valence-electron chi connectivity index (χ1n) is 5.75. The van der Waals surface area contributed by atoms with E-state index < -0.39 is 0 Å². The average molecular weight is 236 g/mol. The highest BCUT2D eigenvalue weighted by atomic mass is 16.8. The maximum Gasteiger partial charge on any atom is 0.157 e. The number of rotatable bonds is 7. The van der Waals surface area contributed by atoms with Crippen molar-refractivity contribution in [3.05, 3.63) is 0 Å². The van der Waals surface area contributed by atoms with Crippen LogP contribution in [0.15, 0.2) is 0 Å². The van der Waals surface area contributed by atoms with Crippen LogP contribution in [-0.4, -0.2) is 50.2 Å². The molecule has 0 radical (unpaired) electrons. The summed E-state index contributed by atoms with van der Waals surface area (Å²) in [6.07, 6.45) is -0.168. The first-order chi connectivity index (χ1) is 7.63. The normalized spacial score (nSPS) is 21.9. The third kappa shape index (κ3) is 10.3. The molecule has 0 aromatic heterocycles. The van der Waals surface area contributed by atoms with Crippen molar-refractivity contribution in [1.29, 1.82) is 0 Å². The molecule has 0 aliphatic carbocycles. The fraction of sp³-hybridized carbons (Fsp3) is 1.00. The highest BCUT2D eigenvalue weighted by molar-refractivity contribution is 4.65. The van der Waals surface area contributed by atoms with Crippen molar-refractivity contribution in [2.45, 2.75) is 46.4 Å². The van der Waals surface area contributed by atoms with Crippen LogP contribution in [0.5, 0.6) is 0 Å². The number of epoxide rings is 1. The Morgan fingerprint density at radius 2 is 1.62 bits per heavy atom. The second-order valence-electron chi connectivity index (χ2n) is 3.32. The second kappa shape index (κ2) is 9.99. The van der Waals surface area contributed by atoms with Crippen molar-refractivity contribution in [2.75, 3.05) is 26.4 Å². The van der Waals surface area contributed by atoms with Crippen molar-refractivity contribution in [2.24, 2.45) is 0 Å². The van der Waals surface area contributed by atoms with Gasteiger partial charge in [-0.05, 0) is 27.7 Å². The van der Waals surface area contributed by atoms with E-state index in [1.165, 1.54) is 0 Å². The van der Waals surface area contributed by atoms with Gasteiger partial charge in [0.15, 0.2) is 12.6 Å². The summed E-state index contributed by atoms with van der Waals surface area (Å²) in [6.45, 7) is 9.88. The molecule has 0 aromatic carbocycles. The van der Waals surface area contributed by atoms with E-state index in [1.54, 1.807) is 0 Å². The van der Waals surface area contributed by atoms with E-state index >= 15 is 0 Å². The van der Waals surface area contributed by atoms with Gasteiger partial charge in [-0.1, -0.05) is 0 Å².